The fourth-order valence-corrected chi connectivity index (χ4v) is 4.18. The van der Waals surface area contributed by atoms with Gasteiger partial charge in [-0.05, 0) is 32.0 Å². The van der Waals surface area contributed by atoms with Crippen LogP contribution in [0, 0.1) is 6.92 Å². The zero-order valence-electron chi connectivity index (χ0n) is 15.2. The van der Waals surface area contributed by atoms with E-state index in [1.807, 2.05) is 12.3 Å². The molecule has 1 saturated heterocycles. The van der Waals surface area contributed by atoms with Crippen LogP contribution in [0.2, 0.25) is 0 Å². The first-order valence-electron chi connectivity index (χ1n) is 9.21. The molecule has 1 N–H and O–H groups in total. The lowest BCUT2D eigenvalue weighted by molar-refractivity contribution is 0.246. The number of H-pyrrole nitrogens is 1. The average molecular weight is 368 g/mol. The van der Waals surface area contributed by atoms with Crippen LogP contribution in [0.15, 0.2) is 41.9 Å². The van der Waals surface area contributed by atoms with Crippen LogP contribution >= 0.6 is 11.3 Å². The van der Waals surface area contributed by atoms with Gasteiger partial charge < -0.3 is 0 Å². The van der Waals surface area contributed by atoms with Crippen molar-refractivity contribution in [1.82, 2.24) is 25.0 Å². The molecular formula is C20H25N5S. The Labute approximate surface area is 158 Å². The molecule has 3 aromatic rings. The van der Waals surface area contributed by atoms with Gasteiger partial charge in [0.15, 0.2) is 0 Å². The topological polar surface area (TPSA) is 48.1 Å². The number of aryl methyl sites for hydroxylation is 1. The van der Waals surface area contributed by atoms with Gasteiger partial charge >= 0.3 is 0 Å². The molecule has 0 radical (unpaired) electrons. The van der Waals surface area contributed by atoms with Gasteiger partial charge in [0.05, 0.1) is 22.6 Å². The number of hydrogen-bond acceptors (Lipinski definition) is 5. The summed E-state index contributed by atoms with van der Waals surface area (Å²) in [6.45, 7) is 8.45. The van der Waals surface area contributed by atoms with E-state index < -0.39 is 0 Å². The van der Waals surface area contributed by atoms with E-state index in [1.54, 1.807) is 11.3 Å². The minimum atomic E-state index is 0.949. The number of nitrogens with one attached hydrogen (secondary N) is 1. The summed E-state index contributed by atoms with van der Waals surface area (Å²) >= 11 is 1.74. The van der Waals surface area contributed by atoms with Crippen molar-refractivity contribution >= 4 is 11.3 Å². The lowest BCUT2D eigenvalue weighted by atomic mass is 10.1. The maximum absolute atomic E-state index is 4.61. The molecule has 1 aromatic carbocycles. The summed E-state index contributed by atoms with van der Waals surface area (Å²) in [6.07, 6.45) is 3.17. The number of hydrogen-bond donors (Lipinski definition) is 1. The fourth-order valence-electron chi connectivity index (χ4n) is 3.58. The van der Waals surface area contributed by atoms with E-state index in [1.165, 1.54) is 23.2 Å². The van der Waals surface area contributed by atoms with Gasteiger partial charge in [0.1, 0.15) is 0 Å². The highest BCUT2D eigenvalue weighted by Gasteiger charge is 2.18. The summed E-state index contributed by atoms with van der Waals surface area (Å²) in [5.41, 5.74) is 4.84. The summed E-state index contributed by atoms with van der Waals surface area (Å²) in [4.78, 5) is 9.69. The highest BCUT2D eigenvalue weighted by molar-refractivity contribution is 7.09. The van der Waals surface area contributed by atoms with E-state index in [-0.39, 0.29) is 0 Å². The first-order chi connectivity index (χ1) is 12.8. The second-order valence-electron chi connectivity index (χ2n) is 6.90. The largest absolute Gasteiger partial charge is 0.298 e. The van der Waals surface area contributed by atoms with Crippen LogP contribution in [-0.2, 0) is 13.1 Å². The van der Waals surface area contributed by atoms with Crippen molar-refractivity contribution in [3.63, 3.8) is 0 Å². The molecule has 1 aliphatic rings. The van der Waals surface area contributed by atoms with Gasteiger partial charge in [0, 0.05) is 37.1 Å². The first-order valence-corrected chi connectivity index (χ1v) is 10.1. The SMILES string of the molecule is Cc1nc(CN2CCCN(Cc3cn[nH]c3-c3ccccc3)CC2)cs1. The molecule has 0 aliphatic carbocycles. The maximum Gasteiger partial charge on any atom is 0.0897 e. The minimum absolute atomic E-state index is 0.949. The van der Waals surface area contributed by atoms with Gasteiger partial charge in [0.25, 0.3) is 0 Å². The summed E-state index contributed by atoms with van der Waals surface area (Å²) < 4.78 is 0. The second-order valence-corrected chi connectivity index (χ2v) is 7.96. The Morgan fingerprint density at radius 2 is 1.81 bits per heavy atom. The molecule has 2 aromatic heterocycles. The fraction of sp³-hybridized carbons (Fsp3) is 0.400. The van der Waals surface area contributed by atoms with Gasteiger partial charge in [-0.2, -0.15) is 5.10 Å². The highest BCUT2D eigenvalue weighted by atomic mass is 32.1. The van der Waals surface area contributed by atoms with E-state index >= 15 is 0 Å². The van der Waals surface area contributed by atoms with Crippen LogP contribution in [0.4, 0.5) is 0 Å². The molecule has 0 spiro atoms. The Kier molecular flexibility index (Phi) is 5.43. The molecule has 5 nitrogen and oxygen atoms in total. The number of aromatic nitrogens is 3. The number of benzene rings is 1. The molecule has 0 atom stereocenters. The lowest BCUT2D eigenvalue weighted by Crippen LogP contribution is -2.30. The van der Waals surface area contributed by atoms with E-state index in [4.69, 9.17) is 0 Å². The molecule has 136 valence electrons. The van der Waals surface area contributed by atoms with Crippen molar-refractivity contribution < 1.29 is 0 Å². The molecule has 3 heterocycles. The number of thiazole rings is 1. The predicted molar refractivity (Wildman–Crippen MR) is 106 cm³/mol. The number of rotatable bonds is 5. The highest BCUT2D eigenvalue weighted by Crippen LogP contribution is 2.22. The molecule has 4 rings (SSSR count). The summed E-state index contributed by atoms with van der Waals surface area (Å²) in [7, 11) is 0. The van der Waals surface area contributed by atoms with Gasteiger partial charge in [-0.15, -0.1) is 11.3 Å². The number of aromatic amines is 1. The first kappa shape index (κ1) is 17.4. The third kappa shape index (κ3) is 4.20. The lowest BCUT2D eigenvalue weighted by Gasteiger charge is -2.21. The van der Waals surface area contributed by atoms with Crippen LogP contribution in [0.25, 0.3) is 11.3 Å². The van der Waals surface area contributed by atoms with E-state index in [0.717, 1.165) is 50.0 Å². The van der Waals surface area contributed by atoms with Gasteiger partial charge in [-0.1, -0.05) is 30.3 Å². The molecule has 0 unspecified atom stereocenters. The monoisotopic (exact) mass is 367 g/mol. The van der Waals surface area contributed by atoms with Crippen molar-refractivity contribution in [3.8, 4) is 11.3 Å². The van der Waals surface area contributed by atoms with E-state index in [0.29, 0.717) is 0 Å². The van der Waals surface area contributed by atoms with Crippen LogP contribution < -0.4 is 0 Å². The zero-order valence-corrected chi connectivity index (χ0v) is 16.0. The third-order valence-corrected chi connectivity index (χ3v) is 5.73. The van der Waals surface area contributed by atoms with Crippen molar-refractivity contribution in [2.45, 2.75) is 26.4 Å². The van der Waals surface area contributed by atoms with E-state index in [9.17, 15) is 0 Å². The molecular weight excluding hydrogens is 342 g/mol. The molecule has 6 heteroatoms. The maximum atomic E-state index is 4.61. The summed E-state index contributed by atoms with van der Waals surface area (Å²) in [6, 6.07) is 10.5. The van der Waals surface area contributed by atoms with Crippen molar-refractivity contribution in [1.29, 1.82) is 0 Å². The predicted octanol–water partition coefficient (Wildman–Crippen LogP) is 3.55. The summed E-state index contributed by atoms with van der Waals surface area (Å²) in [5.74, 6) is 0. The Morgan fingerprint density at radius 3 is 2.54 bits per heavy atom. The van der Waals surface area contributed by atoms with E-state index in [2.05, 4.69) is 61.6 Å². The minimum Gasteiger partial charge on any atom is -0.298 e. The van der Waals surface area contributed by atoms with Crippen molar-refractivity contribution in [3.05, 3.63) is 58.2 Å². The zero-order chi connectivity index (χ0) is 17.8. The van der Waals surface area contributed by atoms with Crippen molar-refractivity contribution in [2.24, 2.45) is 0 Å². The quantitative estimate of drug-likeness (QED) is 0.749. The second kappa shape index (κ2) is 8.12. The number of nitrogens with zero attached hydrogens (tertiary/aromatic N) is 4. The molecule has 0 bridgehead atoms. The van der Waals surface area contributed by atoms with Crippen LogP contribution in [-0.4, -0.2) is 51.2 Å². The summed E-state index contributed by atoms with van der Waals surface area (Å²) in [5, 5.41) is 10.8. The Morgan fingerprint density at radius 1 is 1.04 bits per heavy atom. The normalized spacial score (nSPS) is 16.7. The Hall–Kier alpha value is -2.02. The Balaban J connectivity index is 1.37. The molecule has 1 fully saturated rings. The molecule has 26 heavy (non-hydrogen) atoms. The van der Waals surface area contributed by atoms with Crippen LogP contribution in [0.5, 0.6) is 0 Å². The van der Waals surface area contributed by atoms with Gasteiger partial charge in [0.2, 0.25) is 0 Å². The van der Waals surface area contributed by atoms with Gasteiger partial charge in [-0.3, -0.25) is 14.9 Å². The standard InChI is InChI=1S/C20H25N5S/c1-16-22-19(15-26-16)14-25-9-5-8-24(10-11-25)13-18-12-21-23-20(18)17-6-3-2-4-7-17/h2-4,6-7,12,15H,5,8-11,13-14H2,1H3,(H,21,23). The molecule has 0 saturated carbocycles. The molecule has 1 aliphatic heterocycles. The van der Waals surface area contributed by atoms with Crippen LogP contribution in [0.1, 0.15) is 22.7 Å². The van der Waals surface area contributed by atoms with Crippen molar-refractivity contribution in [2.75, 3.05) is 26.2 Å². The Bertz CT molecular complexity index is 826. The molecule has 0 amide bonds. The van der Waals surface area contributed by atoms with Crippen LogP contribution in [0.3, 0.4) is 0 Å². The third-order valence-electron chi connectivity index (χ3n) is 4.91. The average Bonchev–Trinajstić information content (AvgIpc) is 3.22. The smallest absolute Gasteiger partial charge is 0.0897 e. The van der Waals surface area contributed by atoms with Gasteiger partial charge in [-0.25, -0.2) is 4.98 Å².